The zero-order chi connectivity index (χ0) is 21.3. The van der Waals surface area contributed by atoms with E-state index < -0.39 is 35.6 Å². The smallest absolute Gasteiger partial charge is 0.312 e. The zero-order valence-corrected chi connectivity index (χ0v) is 18.8. The maximum absolute atomic E-state index is 13.4. The van der Waals surface area contributed by atoms with Gasteiger partial charge in [0.1, 0.15) is 11.6 Å². The predicted molar refractivity (Wildman–Crippen MR) is 108 cm³/mol. The summed E-state index contributed by atoms with van der Waals surface area (Å²) >= 11 is 3.60. The van der Waals surface area contributed by atoms with E-state index in [1.165, 1.54) is 4.90 Å². The van der Waals surface area contributed by atoms with Crippen LogP contribution in [0.2, 0.25) is 0 Å². The maximum atomic E-state index is 13.4. The summed E-state index contributed by atoms with van der Waals surface area (Å²) in [6.45, 7) is 6.08. The summed E-state index contributed by atoms with van der Waals surface area (Å²) in [5.41, 5.74) is -1.06. The van der Waals surface area contributed by atoms with Crippen molar-refractivity contribution in [3.63, 3.8) is 0 Å². The first-order valence-electron chi connectivity index (χ1n) is 10.5. The Kier molecular flexibility index (Phi) is 6.90. The molecule has 0 aromatic heterocycles. The summed E-state index contributed by atoms with van der Waals surface area (Å²) < 4.78 is 11.5. The Morgan fingerprint density at radius 2 is 2.17 bits per heavy atom. The molecule has 0 aromatic carbocycles. The van der Waals surface area contributed by atoms with E-state index in [-0.39, 0.29) is 42.4 Å². The van der Waals surface area contributed by atoms with Crippen LogP contribution in [0.3, 0.4) is 0 Å². The molecule has 4 unspecified atom stereocenters. The molecule has 3 rings (SSSR count). The number of likely N-dealkylation sites (tertiary alicyclic amines) is 1. The number of hydrogen-bond acceptors (Lipinski definition) is 6. The van der Waals surface area contributed by atoms with Crippen molar-refractivity contribution in [2.45, 2.75) is 75.1 Å². The molecule has 0 aliphatic carbocycles. The van der Waals surface area contributed by atoms with Crippen LogP contribution in [0.1, 0.15) is 46.5 Å². The second-order valence-electron chi connectivity index (χ2n) is 8.22. The molecule has 29 heavy (non-hydrogen) atoms. The van der Waals surface area contributed by atoms with Gasteiger partial charge in [0.25, 0.3) is 0 Å². The largest absolute Gasteiger partial charge is 0.466 e. The van der Waals surface area contributed by atoms with E-state index in [1.807, 2.05) is 13.8 Å². The van der Waals surface area contributed by atoms with Crippen molar-refractivity contribution in [1.29, 1.82) is 0 Å². The number of rotatable bonds is 9. The number of aliphatic hydroxyl groups excluding tert-OH is 1. The van der Waals surface area contributed by atoms with Crippen molar-refractivity contribution in [3.05, 3.63) is 0 Å². The molecule has 2 N–H and O–H groups in total. The van der Waals surface area contributed by atoms with Crippen LogP contribution in [-0.2, 0) is 23.9 Å². The number of hydrogen-bond donors (Lipinski definition) is 2. The van der Waals surface area contributed by atoms with E-state index in [1.54, 1.807) is 6.92 Å². The second-order valence-corrected chi connectivity index (χ2v) is 9.40. The first-order chi connectivity index (χ1) is 13.8. The topological polar surface area (TPSA) is 105 Å². The number of alkyl halides is 1. The van der Waals surface area contributed by atoms with Gasteiger partial charge in [0.05, 0.1) is 24.5 Å². The van der Waals surface area contributed by atoms with Crippen LogP contribution in [-0.4, -0.2) is 76.2 Å². The first kappa shape index (κ1) is 22.5. The molecule has 7 atom stereocenters. The van der Waals surface area contributed by atoms with E-state index >= 15 is 0 Å². The highest BCUT2D eigenvalue weighted by atomic mass is 79.9. The lowest BCUT2D eigenvalue weighted by atomic mass is 9.70. The van der Waals surface area contributed by atoms with Crippen LogP contribution in [0.15, 0.2) is 0 Å². The van der Waals surface area contributed by atoms with Crippen LogP contribution in [0.5, 0.6) is 0 Å². The minimum absolute atomic E-state index is 0.0306. The number of carbonyl (C=O) groups excluding carboxylic acids is 3. The van der Waals surface area contributed by atoms with Crippen molar-refractivity contribution < 1.29 is 29.0 Å². The van der Waals surface area contributed by atoms with Gasteiger partial charge in [-0.3, -0.25) is 14.4 Å². The monoisotopic (exact) mass is 474 g/mol. The van der Waals surface area contributed by atoms with Gasteiger partial charge >= 0.3 is 5.97 Å². The lowest BCUT2D eigenvalue weighted by Crippen LogP contribution is -2.57. The third-order valence-electron chi connectivity index (χ3n) is 6.26. The molecule has 0 radical (unpaired) electrons. The summed E-state index contributed by atoms with van der Waals surface area (Å²) in [7, 11) is 0. The lowest BCUT2D eigenvalue weighted by molar-refractivity contribution is -0.154. The van der Waals surface area contributed by atoms with E-state index in [4.69, 9.17) is 9.47 Å². The van der Waals surface area contributed by atoms with Gasteiger partial charge in [-0.15, -0.1) is 0 Å². The van der Waals surface area contributed by atoms with Gasteiger partial charge in [-0.25, -0.2) is 0 Å². The molecule has 3 saturated heterocycles. The number of nitrogens with one attached hydrogen (secondary N) is 1. The number of ether oxygens (including phenoxy) is 2. The van der Waals surface area contributed by atoms with Crippen molar-refractivity contribution >= 4 is 33.7 Å². The summed E-state index contributed by atoms with van der Waals surface area (Å²) in [5, 5.41) is 12.3. The Hall–Kier alpha value is -1.19. The average molecular weight is 475 g/mol. The number of nitrogens with zero attached hydrogens (tertiary/aromatic N) is 1. The van der Waals surface area contributed by atoms with Gasteiger partial charge in [-0.2, -0.15) is 0 Å². The minimum Gasteiger partial charge on any atom is -0.466 e. The van der Waals surface area contributed by atoms with Gasteiger partial charge in [0, 0.05) is 24.0 Å². The second kappa shape index (κ2) is 8.89. The normalized spacial score (nSPS) is 36.2. The van der Waals surface area contributed by atoms with Gasteiger partial charge in [0.2, 0.25) is 11.8 Å². The molecule has 2 bridgehead atoms. The summed E-state index contributed by atoms with van der Waals surface area (Å²) in [6.07, 6.45) is 2.09. The fraction of sp³-hybridized carbons (Fsp3) is 0.850. The lowest BCUT2D eigenvalue weighted by Gasteiger charge is -2.34. The van der Waals surface area contributed by atoms with Crippen LogP contribution < -0.4 is 5.32 Å². The molecule has 3 fully saturated rings. The molecule has 0 saturated carbocycles. The fourth-order valence-electron chi connectivity index (χ4n) is 5.25. The predicted octanol–water partition coefficient (Wildman–Crippen LogP) is 0.985. The number of amides is 2. The molecule has 9 heteroatoms. The number of carbonyl (C=O) groups is 3. The third-order valence-corrected chi connectivity index (χ3v) is 7.11. The molecule has 3 heterocycles. The molecule has 3 aliphatic rings. The van der Waals surface area contributed by atoms with E-state index in [0.29, 0.717) is 12.8 Å². The van der Waals surface area contributed by atoms with Crippen LogP contribution >= 0.6 is 15.9 Å². The van der Waals surface area contributed by atoms with Gasteiger partial charge in [0.15, 0.2) is 0 Å². The number of esters is 1. The number of fused-ring (bicyclic) bond motifs is 1. The fourth-order valence-corrected chi connectivity index (χ4v) is 6.19. The van der Waals surface area contributed by atoms with Crippen molar-refractivity contribution in [1.82, 2.24) is 10.2 Å². The molecule has 2 amide bonds. The molecule has 1 spiro atoms. The van der Waals surface area contributed by atoms with Crippen molar-refractivity contribution in [2.24, 2.45) is 11.8 Å². The summed E-state index contributed by atoms with van der Waals surface area (Å²) in [5.74, 6) is -2.45. The highest BCUT2D eigenvalue weighted by Crippen LogP contribution is 2.60. The van der Waals surface area contributed by atoms with Crippen LogP contribution in [0, 0.1) is 11.8 Å². The van der Waals surface area contributed by atoms with Crippen molar-refractivity contribution in [2.75, 3.05) is 19.8 Å². The standard InChI is InChI=1S/C20H31BrN2O6/c1-4-7-11(3)22-17(25)16-20-10-12(21)15(29-20)13(19(27)28-5-2)14(20)18(26)23(16)8-6-9-24/h11-16,24H,4-10H2,1-3H3,(H,22,25)/t11?,12?,13-,14+,15-,16?,20?/m1/s1. The van der Waals surface area contributed by atoms with Crippen LogP contribution in [0.4, 0.5) is 0 Å². The molecule has 8 nitrogen and oxygen atoms in total. The summed E-state index contributed by atoms with van der Waals surface area (Å²) in [4.78, 5) is 40.8. The van der Waals surface area contributed by atoms with Gasteiger partial charge < -0.3 is 24.8 Å². The Labute approximate surface area is 179 Å². The zero-order valence-electron chi connectivity index (χ0n) is 17.2. The van der Waals surface area contributed by atoms with Gasteiger partial charge in [-0.05, 0) is 33.1 Å². The Balaban J connectivity index is 1.96. The molecular weight excluding hydrogens is 444 g/mol. The molecular formula is C20H31BrN2O6. The van der Waals surface area contributed by atoms with Gasteiger partial charge in [-0.1, -0.05) is 29.3 Å². The van der Waals surface area contributed by atoms with E-state index in [9.17, 15) is 19.5 Å². The highest BCUT2D eigenvalue weighted by molar-refractivity contribution is 9.09. The highest BCUT2D eigenvalue weighted by Gasteiger charge is 2.76. The Morgan fingerprint density at radius 1 is 1.45 bits per heavy atom. The quantitative estimate of drug-likeness (QED) is 0.381. The third kappa shape index (κ3) is 3.70. The van der Waals surface area contributed by atoms with Crippen LogP contribution in [0.25, 0.3) is 0 Å². The Bertz CT molecular complexity index is 661. The van der Waals surface area contributed by atoms with E-state index in [0.717, 1.165) is 12.8 Å². The maximum Gasteiger partial charge on any atom is 0.312 e. The molecule has 0 aromatic rings. The SMILES string of the molecule is CCCC(C)NC(=O)C1N(CCCO)C(=O)[C@@H]2[C@@H](C(=O)OCC)[C@@H]3OC12CC3Br. The Morgan fingerprint density at radius 3 is 2.79 bits per heavy atom. The van der Waals surface area contributed by atoms with Crippen molar-refractivity contribution in [3.8, 4) is 0 Å². The van der Waals surface area contributed by atoms with E-state index in [2.05, 4.69) is 21.2 Å². The average Bonchev–Trinajstić information content (AvgIpc) is 3.24. The number of halogens is 1. The first-order valence-corrected chi connectivity index (χ1v) is 11.4. The number of aliphatic hydroxyl groups is 1. The summed E-state index contributed by atoms with van der Waals surface area (Å²) in [6, 6.07) is -0.854. The molecule has 164 valence electrons. The molecule has 3 aliphatic heterocycles. The minimum atomic E-state index is -1.06.